The number of carbonyl (C=O) groups excluding carboxylic acids is 1. The Morgan fingerprint density at radius 1 is 1.45 bits per heavy atom. The first-order valence-corrected chi connectivity index (χ1v) is 7.12. The fraction of sp³-hybridized carbons (Fsp3) is 0.643. The molecule has 1 aromatic heterocycles. The molecule has 0 aliphatic carbocycles. The Bertz CT molecular complexity index is 498. The van der Waals surface area contributed by atoms with Crippen LogP contribution in [0.25, 0.3) is 0 Å². The molecule has 20 heavy (non-hydrogen) atoms. The summed E-state index contributed by atoms with van der Waals surface area (Å²) in [6, 6.07) is 0. The summed E-state index contributed by atoms with van der Waals surface area (Å²) in [7, 11) is 0. The van der Waals surface area contributed by atoms with Gasteiger partial charge in [0, 0.05) is 18.8 Å². The molecule has 1 fully saturated rings. The van der Waals surface area contributed by atoms with Crippen molar-refractivity contribution in [2.45, 2.75) is 33.1 Å². The van der Waals surface area contributed by atoms with Gasteiger partial charge in [0.1, 0.15) is 0 Å². The van der Waals surface area contributed by atoms with Crippen molar-refractivity contribution in [2.24, 2.45) is 11.8 Å². The Morgan fingerprint density at radius 2 is 2.20 bits per heavy atom. The number of carboxylic acid groups (broad SMARTS) is 1. The van der Waals surface area contributed by atoms with E-state index < -0.39 is 11.9 Å². The van der Waals surface area contributed by atoms with Crippen LogP contribution in [0, 0.1) is 11.8 Å². The van der Waals surface area contributed by atoms with E-state index >= 15 is 0 Å². The van der Waals surface area contributed by atoms with Crippen molar-refractivity contribution < 1.29 is 14.7 Å². The van der Waals surface area contributed by atoms with Crippen LogP contribution >= 0.6 is 0 Å². The van der Waals surface area contributed by atoms with Crippen molar-refractivity contribution in [2.75, 3.05) is 13.1 Å². The number of aromatic amines is 1. The van der Waals surface area contributed by atoms with Crippen LogP contribution < -0.4 is 0 Å². The van der Waals surface area contributed by atoms with Crippen LogP contribution in [0.1, 0.15) is 42.7 Å². The molecule has 1 aliphatic heterocycles. The van der Waals surface area contributed by atoms with Crippen LogP contribution in [-0.4, -0.2) is 45.2 Å². The van der Waals surface area contributed by atoms with Gasteiger partial charge in [-0.25, -0.2) is 0 Å². The number of aryl methyl sites for hydroxylation is 1. The van der Waals surface area contributed by atoms with E-state index in [-0.39, 0.29) is 11.8 Å². The number of carboxylic acids is 1. The number of rotatable bonds is 5. The van der Waals surface area contributed by atoms with Gasteiger partial charge in [0.05, 0.1) is 17.7 Å². The Hall–Kier alpha value is -1.85. The van der Waals surface area contributed by atoms with E-state index in [1.807, 2.05) is 13.8 Å². The molecule has 1 aromatic rings. The number of H-pyrrole nitrogens is 1. The quantitative estimate of drug-likeness (QED) is 0.856. The predicted molar refractivity (Wildman–Crippen MR) is 73.4 cm³/mol. The molecule has 6 heteroatoms. The van der Waals surface area contributed by atoms with Gasteiger partial charge in [0.25, 0.3) is 5.91 Å². The topological polar surface area (TPSA) is 86.3 Å². The lowest BCUT2D eigenvalue weighted by Gasteiger charge is -2.16. The zero-order valence-electron chi connectivity index (χ0n) is 11.9. The predicted octanol–water partition coefficient (Wildman–Crippen LogP) is 1.55. The molecule has 1 amide bonds. The number of amides is 1. The van der Waals surface area contributed by atoms with Crippen LogP contribution in [0.3, 0.4) is 0 Å². The minimum absolute atomic E-state index is 0.0541. The molecule has 110 valence electrons. The first-order chi connectivity index (χ1) is 9.58. The summed E-state index contributed by atoms with van der Waals surface area (Å²) in [5.41, 5.74) is 1.37. The number of carbonyl (C=O) groups is 2. The van der Waals surface area contributed by atoms with Gasteiger partial charge in [0.2, 0.25) is 0 Å². The SMILES string of the molecule is CCC[C@@H]1CN(C(=O)c2cn[nH]c2CC)C[C@H]1C(=O)O. The molecule has 2 N–H and O–H groups in total. The normalized spacial score (nSPS) is 22.2. The fourth-order valence-corrected chi connectivity index (χ4v) is 2.92. The van der Waals surface area contributed by atoms with Gasteiger partial charge in [-0.1, -0.05) is 20.3 Å². The fourth-order valence-electron chi connectivity index (χ4n) is 2.92. The highest BCUT2D eigenvalue weighted by Crippen LogP contribution is 2.29. The molecule has 2 heterocycles. The van der Waals surface area contributed by atoms with E-state index in [1.165, 1.54) is 6.20 Å². The second-order valence-corrected chi connectivity index (χ2v) is 5.32. The number of aliphatic carboxylic acids is 1. The summed E-state index contributed by atoms with van der Waals surface area (Å²) >= 11 is 0. The molecule has 0 radical (unpaired) electrons. The molecular formula is C14H21N3O3. The van der Waals surface area contributed by atoms with E-state index in [9.17, 15) is 14.7 Å². The number of hydrogen-bond acceptors (Lipinski definition) is 3. The summed E-state index contributed by atoms with van der Waals surface area (Å²) in [4.78, 5) is 25.4. The van der Waals surface area contributed by atoms with Gasteiger partial charge < -0.3 is 10.0 Å². The number of likely N-dealkylation sites (tertiary alicyclic amines) is 1. The molecule has 1 saturated heterocycles. The molecule has 0 aromatic carbocycles. The van der Waals surface area contributed by atoms with E-state index in [1.54, 1.807) is 4.90 Å². The van der Waals surface area contributed by atoms with Crippen molar-refractivity contribution >= 4 is 11.9 Å². The summed E-state index contributed by atoms with van der Waals surface area (Å²) in [5.74, 6) is -1.31. The second-order valence-electron chi connectivity index (χ2n) is 5.32. The van der Waals surface area contributed by atoms with Crippen molar-refractivity contribution in [3.63, 3.8) is 0 Å². The molecule has 0 bridgehead atoms. The van der Waals surface area contributed by atoms with E-state index in [0.29, 0.717) is 25.1 Å². The minimum Gasteiger partial charge on any atom is -0.481 e. The van der Waals surface area contributed by atoms with Crippen molar-refractivity contribution in [1.29, 1.82) is 0 Å². The Labute approximate surface area is 118 Å². The number of aromatic nitrogens is 2. The summed E-state index contributed by atoms with van der Waals surface area (Å²) < 4.78 is 0. The van der Waals surface area contributed by atoms with Gasteiger partial charge in [0.15, 0.2) is 0 Å². The molecular weight excluding hydrogens is 258 g/mol. The molecule has 2 atom stereocenters. The third kappa shape index (κ3) is 2.69. The highest BCUT2D eigenvalue weighted by atomic mass is 16.4. The molecule has 0 spiro atoms. The summed E-state index contributed by atoms with van der Waals surface area (Å²) in [5, 5.41) is 16.0. The molecule has 0 saturated carbocycles. The van der Waals surface area contributed by atoms with Crippen LogP contribution in [0.4, 0.5) is 0 Å². The van der Waals surface area contributed by atoms with Gasteiger partial charge in [-0.3, -0.25) is 14.7 Å². The van der Waals surface area contributed by atoms with Crippen molar-refractivity contribution in [3.05, 3.63) is 17.5 Å². The second kappa shape index (κ2) is 6.07. The Balaban J connectivity index is 2.14. The van der Waals surface area contributed by atoms with Gasteiger partial charge in [-0.2, -0.15) is 5.10 Å². The summed E-state index contributed by atoms with van der Waals surface area (Å²) in [6.45, 7) is 4.81. The highest BCUT2D eigenvalue weighted by molar-refractivity contribution is 5.95. The largest absolute Gasteiger partial charge is 0.481 e. The average molecular weight is 279 g/mol. The number of nitrogens with zero attached hydrogens (tertiary/aromatic N) is 2. The first-order valence-electron chi connectivity index (χ1n) is 7.12. The molecule has 1 aliphatic rings. The van der Waals surface area contributed by atoms with E-state index in [2.05, 4.69) is 10.2 Å². The van der Waals surface area contributed by atoms with Crippen LogP contribution in [0.2, 0.25) is 0 Å². The van der Waals surface area contributed by atoms with Crippen molar-refractivity contribution in [3.8, 4) is 0 Å². The molecule has 6 nitrogen and oxygen atoms in total. The number of nitrogens with one attached hydrogen (secondary N) is 1. The highest BCUT2D eigenvalue weighted by Gasteiger charge is 2.39. The molecule has 2 rings (SSSR count). The monoisotopic (exact) mass is 279 g/mol. The lowest BCUT2D eigenvalue weighted by atomic mass is 9.92. The maximum atomic E-state index is 12.5. The van der Waals surface area contributed by atoms with E-state index in [4.69, 9.17) is 0 Å². The minimum atomic E-state index is -0.804. The van der Waals surface area contributed by atoms with Crippen LogP contribution in [0.15, 0.2) is 6.20 Å². The smallest absolute Gasteiger partial charge is 0.308 e. The summed E-state index contributed by atoms with van der Waals surface area (Å²) in [6.07, 6.45) is 4.01. The number of hydrogen-bond donors (Lipinski definition) is 2. The Morgan fingerprint density at radius 3 is 2.80 bits per heavy atom. The lowest BCUT2D eigenvalue weighted by molar-refractivity contribution is -0.142. The molecule has 0 unspecified atom stereocenters. The average Bonchev–Trinajstić information content (AvgIpc) is 3.04. The van der Waals surface area contributed by atoms with Crippen LogP contribution in [-0.2, 0) is 11.2 Å². The first kappa shape index (κ1) is 14.6. The van der Waals surface area contributed by atoms with Crippen LogP contribution in [0.5, 0.6) is 0 Å². The standard InChI is InChI=1S/C14H21N3O3/c1-3-5-9-7-17(8-11(9)14(19)20)13(18)10-6-15-16-12(10)4-2/h6,9,11H,3-5,7-8H2,1-2H3,(H,15,16)(H,19,20)/t9-,11-/m1/s1. The van der Waals surface area contributed by atoms with Gasteiger partial charge in [-0.05, 0) is 18.8 Å². The third-order valence-electron chi connectivity index (χ3n) is 4.01. The maximum absolute atomic E-state index is 12.5. The van der Waals surface area contributed by atoms with Crippen molar-refractivity contribution in [1.82, 2.24) is 15.1 Å². The van der Waals surface area contributed by atoms with Gasteiger partial charge >= 0.3 is 5.97 Å². The zero-order valence-corrected chi connectivity index (χ0v) is 11.9. The van der Waals surface area contributed by atoms with E-state index in [0.717, 1.165) is 18.5 Å². The van der Waals surface area contributed by atoms with Gasteiger partial charge in [-0.15, -0.1) is 0 Å². The lowest BCUT2D eigenvalue weighted by Crippen LogP contribution is -2.30. The zero-order chi connectivity index (χ0) is 14.7. The maximum Gasteiger partial charge on any atom is 0.308 e. The third-order valence-corrected chi connectivity index (χ3v) is 4.01. The Kier molecular flexibility index (Phi) is 4.42.